The Hall–Kier alpha value is -1.84. The Balaban J connectivity index is 1.99. The van der Waals surface area contributed by atoms with Gasteiger partial charge in [-0.25, -0.2) is 0 Å². The topological polar surface area (TPSA) is 49.4 Å². The molecule has 1 heterocycles. The van der Waals surface area contributed by atoms with Crippen molar-refractivity contribution in [1.29, 1.82) is 0 Å². The zero-order valence-corrected chi connectivity index (χ0v) is 12.2. The molecule has 2 fully saturated rings. The summed E-state index contributed by atoms with van der Waals surface area (Å²) in [5.74, 6) is 0.234. The van der Waals surface area contributed by atoms with Crippen molar-refractivity contribution in [3.8, 4) is 0 Å². The highest BCUT2D eigenvalue weighted by Crippen LogP contribution is 2.42. The maximum atomic E-state index is 12.8. The Bertz CT molecular complexity index is 592. The van der Waals surface area contributed by atoms with Crippen molar-refractivity contribution in [3.05, 3.63) is 29.3 Å². The molecule has 2 aliphatic rings. The van der Waals surface area contributed by atoms with E-state index in [9.17, 15) is 9.59 Å². The molecule has 0 bridgehead atoms. The van der Waals surface area contributed by atoms with Gasteiger partial charge in [-0.15, -0.1) is 0 Å². The minimum Gasteiger partial charge on any atom is -0.340 e. The van der Waals surface area contributed by atoms with Gasteiger partial charge in [-0.1, -0.05) is 17.7 Å². The molecule has 1 saturated carbocycles. The molecular formula is C16H20N2O2. The van der Waals surface area contributed by atoms with Gasteiger partial charge in [0.05, 0.1) is 0 Å². The number of aryl methyl sites for hydroxylation is 2. The predicted octanol–water partition coefficient (Wildman–Crippen LogP) is 1.93. The van der Waals surface area contributed by atoms with Gasteiger partial charge in [0.15, 0.2) is 0 Å². The number of anilines is 1. The van der Waals surface area contributed by atoms with E-state index in [1.165, 1.54) is 0 Å². The molecule has 1 atom stereocenters. The Labute approximate surface area is 119 Å². The lowest BCUT2D eigenvalue weighted by Gasteiger charge is -2.40. The van der Waals surface area contributed by atoms with Crippen LogP contribution in [-0.4, -0.2) is 23.9 Å². The van der Waals surface area contributed by atoms with Crippen molar-refractivity contribution in [1.82, 2.24) is 5.32 Å². The van der Waals surface area contributed by atoms with Crippen LogP contribution in [0.2, 0.25) is 0 Å². The van der Waals surface area contributed by atoms with Crippen LogP contribution in [0.3, 0.4) is 0 Å². The van der Waals surface area contributed by atoms with Gasteiger partial charge in [-0.05, 0) is 51.2 Å². The molecule has 4 nitrogen and oxygen atoms in total. The van der Waals surface area contributed by atoms with E-state index in [0.29, 0.717) is 0 Å². The third kappa shape index (κ3) is 1.99. The number of amides is 2. The molecule has 1 aromatic carbocycles. The maximum Gasteiger partial charge on any atom is 0.253 e. The lowest BCUT2D eigenvalue weighted by Crippen LogP contribution is -2.66. The Morgan fingerprint density at radius 3 is 2.55 bits per heavy atom. The number of hydrogen-bond acceptors (Lipinski definition) is 2. The summed E-state index contributed by atoms with van der Waals surface area (Å²) in [4.78, 5) is 26.5. The van der Waals surface area contributed by atoms with Crippen LogP contribution < -0.4 is 10.2 Å². The molecule has 0 radical (unpaired) electrons. The van der Waals surface area contributed by atoms with Crippen molar-refractivity contribution >= 4 is 17.5 Å². The lowest BCUT2D eigenvalue weighted by molar-refractivity contribution is -0.136. The van der Waals surface area contributed by atoms with Gasteiger partial charge >= 0.3 is 0 Å². The molecule has 4 heteroatoms. The van der Waals surface area contributed by atoms with Crippen LogP contribution >= 0.6 is 0 Å². The van der Waals surface area contributed by atoms with Crippen LogP contribution in [0.5, 0.6) is 0 Å². The van der Waals surface area contributed by atoms with Crippen molar-refractivity contribution in [2.75, 3.05) is 11.4 Å². The third-order valence-corrected chi connectivity index (χ3v) is 4.43. The summed E-state index contributed by atoms with van der Waals surface area (Å²) in [6.45, 7) is 5.98. The van der Waals surface area contributed by atoms with Gasteiger partial charge in [-0.2, -0.15) is 0 Å². The second kappa shape index (κ2) is 4.33. The number of piperazine rings is 1. The fourth-order valence-electron chi connectivity index (χ4n) is 3.12. The molecule has 1 aromatic rings. The molecule has 106 valence electrons. The molecular weight excluding hydrogens is 252 g/mol. The highest BCUT2D eigenvalue weighted by atomic mass is 16.2. The molecule has 1 unspecified atom stereocenters. The van der Waals surface area contributed by atoms with E-state index in [2.05, 4.69) is 5.32 Å². The summed E-state index contributed by atoms with van der Waals surface area (Å²) in [7, 11) is 0. The Morgan fingerprint density at radius 2 is 1.95 bits per heavy atom. The molecule has 2 amide bonds. The first-order chi connectivity index (χ1) is 9.41. The standard InChI is InChI=1S/C16H20N2O2/c1-10-4-7-13(11(2)8-10)18-9-14(19)17-16(3,15(18)20)12-5-6-12/h4,7-8,12H,5-6,9H2,1-3H3,(H,17,19). The summed E-state index contributed by atoms with van der Waals surface area (Å²) in [6, 6.07) is 5.97. The number of hydrogen-bond donors (Lipinski definition) is 1. The van der Waals surface area contributed by atoms with Gasteiger partial charge in [-0.3, -0.25) is 9.59 Å². The van der Waals surface area contributed by atoms with Crippen LogP contribution in [0.4, 0.5) is 5.69 Å². The SMILES string of the molecule is Cc1ccc(N2CC(=O)NC(C)(C3CC3)C2=O)c(C)c1. The van der Waals surface area contributed by atoms with Gasteiger partial charge in [0.1, 0.15) is 12.1 Å². The van der Waals surface area contributed by atoms with E-state index in [1.807, 2.05) is 39.0 Å². The molecule has 1 N–H and O–H groups in total. The second-order valence-electron chi connectivity index (χ2n) is 6.21. The van der Waals surface area contributed by atoms with E-state index in [4.69, 9.17) is 0 Å². The van der Waals surface area contributed by atoms with E-state index in [-0.39, 0.29) is 24.3 Å². The number of rotatable bonds is 2. The van der Waals surface area contributed by atoms with Crippen molar-refractivity contribution in [2.45, 2.75) is 39.2 Å². The first-order valence-electron chi connectivity index (χ1n) is 7.12. The summed E-state index contributed by atoms with van der Waals surface area (Å²) in [5, 5.41) is 2.90. The summed E-state index contributed by atoms with van der Waals surface area (Å²) >= 11 is 0. The van der Waals surface area contributed by atoms with Crippen LogP contribution in [0.25, 0.3) is 0 Å². The monoisotopic (exact) mass is 272 g/mol. The predicted molar refractivity (Wildman–Crippen MR) is 77.5 cm³/mol. The van der Waals surface area contributed by atoms with Crippen LogP contribution in [-0.2, 0) is 9.59 Å². The summed E-state index contributed by atoms with van der Waals surface area (Å²) in [5.41, 5.74) is 2.31. The quantitative estimate of drug-likeness (QED) is 0.894. The number of nitrogens with zero attached hydrogens (tertiary/aromatic N) is 1. The minimum atomic E-state index is -0.730. The lowest BCUT2D eigenvalue weighted by atomic mass is 9.91. The molecule has 3 rings (SSSR count). The third-order valence-electron chi connectivity index (χ3n) is 4.43. The summed E-state index contributed by atoms with van der Waals surface area (Å²) in [6.07, 6.45) is 2.03. The fraction of sp³-hybridized carbons (Fsp3) is 0.500. The Morgan fingerprint density at radius 1 is 1.25 bits per heavy atom. The average molecular weight is 272 g/mol. The zero-order chi connectivity index (χ0) is 14.5. The summed E-state index contributed by atoms with van der Waals surface area (Å²) < 4.78 is 0. The van der Waals surface area contributed by atoms with Gasteiger partial charge < -0.3 is 10.2 Å². The van der Waals surface area contributed by atoms with Crippen molar-refractivity contribution < 1.29 is 9.59 Å². The molecule has 1 aliphatic carbocycles. The largest absolute Gasteiger partial charge is 0.340 e. The van der Waals surface area contributed by atoms with E-state index < -0.39 is 5.54 Å². The van der Waals surface area contributed by atoms with Crippen molar-refractivity contribution in [2.24, 2.45) is 5.92 Å². The number of nitrogens with one attached hydrogen (secondary N) is 1. The molecule has 1 aliphatic heterocycles. The first kappa shape index (κ1) is 13.2. The number of carbonyl (C=O) groups excluding carboxylic acids is 2. The molecule has 1 saturated heterocycles. The molecule has 0 spiro atoms. The number of benzene rings is 1. The highest BCUT2D eigenvalue weighted by Gasteiger charge is 2.52. The highest BCUT2D eigenvalue weighted by molar-refractivity contribution is 6.09. The van der Waals surface area contributed by atoms with Gasteiger partial charge in [0.25, 0.3) is 5.91 Å². The van der Waals surface area contributed by atoms with E-state index in [1.54, 1.807) is 4.90 Å². The van der Waals surface area contributed by atoms with Crippen molar-refractivity contribution in [3.63, 3.8) is 0 Å². The minimum absolute atomic E-state index is 0.0200. The van der Waals surface area contributed by atoms with Gasteiger partial charge in [0, 0.05) is 5.69 Å². The van der Waals surface area contributed by atoms with Crippen LogP contribution in [0, 0.1) is 19.8 Å². The van der Waals surface area contributed by atoms with Crippen LogP contribution in [0.1, 0.15) is 30.9 Å². The fourth-order valence-corrected chi connectivity index (χ4v) is 3.12. The van der Waals surface area contributed by atoms with Gasteiger partial charge in [0.2, 0.25) is 5.91 Å². The first-order valence-corrected chi connectivity index (χ1v) is 7.12. The van der Waals surface area contributed by atoms with E-state index in [0.717, 1.165) is 29.7 Å². The number of carbonyl (C=O) groups is 2. The zero-order valence-electron chi connectivity index (χ0n) is 12.2. The van der Waals surface area contributed by atoms with E-state index >= 15 is 0 Å². The second-order valence-corrected chi connectivity index (χ2v) is 6.21. The average Bonchev–Trinajstić information content (AvgIpc) is 3.18. The maximum absolute atomic E-state index is 12.8. The molecule has 0 aromatic heterocycles. The smallest absolute Gasteiger partial charge is 0.253 e. The van der Waals surface area contributed by atoms with Crippen LogP contribution in [0.15, 0.2) is 18.2 Å². The Kier molecular flexibility index (Phi) is 2.85. The normalized spacial score (nSPS) is 26.6. The molecule has 20 heavy (non-hydrogen) atoms.